The van der Waals surface area contributed by atoms with Crippen LogP contribution in [0.1, 0.15) is 0 Å². The van der Waals surface area contributed by atoms with E-state index in [1.54, 1.807) is 0 Å². The molecule has 3 rings (SSSR count). The summed E-state index contributed by atoms with van der Waals surface area (Å²) in [6.45, 7) is 3.88. The third kappa shape index (κ3) is 4.41. The Kier molecular flexibility index (Phi) is 8.66. The molecule has 0 saturated carbocycles. The molecule has 0 spiro atoms. The van der Waals surface area contributed by atoms with Crippen molar-refractivity contribution in [1.29, 1.82) is 0 Å². The summed E-state index contributed by atoms with van der Waals surface area (Å²) >= 11 is 0. The van der Waals surface area contributed by atoms with Crippen molar-refractivity contribution < 1.29 is 0 Å². The summed E-state index contributed by atoms with van der Waals surface area (Å²) in [4.78, 5) is 0. The molecular weight excluding hydrogens is 366 g/mol. The molecule has 0 nitrogen and oxygen atoms in total. The van der Waals surface area contributed by atoms with Crippen LogP contribution in [0.15, 0.2) is 116 Å². The van der Waals surface area contributed by atoms with Gasteiger partial charge in [0.2, 0.25) is 0 Å². The van der Waals surface area contributed by atoms with Gasteiger partial charge in [-0.15, -0.1) is 24.8 Å². The van der Waals surface area contributed by atoms with Crippen LogP contribution in [0.3, 0.4) is 0 Å². The molecule has 128 valence electrons. The van der Waals surface area contributed by atoms with E-state index in [0.717, 1.165) is 0 Å². The second-order valence-electron chi connectivity index (χ2n) is 5.31. The molecule has 0 amide bonds. The molecule has 0 unspecified atom stereocenters. The highest BCUT2D eigenvalue weighted by molar-refractivity contribution is 7.98. The summed E-state index contributed by atoms with van der Waals surface area (Å²) < 4.78 is 0. The average Bonchev–Trinajstić information content (AvgIpc) is 2.65. The van der Waals surface area contributed by atoms with E-state index in [2.05, 4.69) is 109 Å². The van der Waals surface area contributed by atoms with Crippen LogP contribution in [0.5, 0.6) is 0 Å². The molecule has 3 aromatic carbocycles. The zero-order valence-corrected chi connectivity index (χ0v) is 16.4. The first-order valence-corrected chi connectivity index (χ1v) is 9.59. The predicted molar refractivity (Wildman–Crippen MR) is 119 cm³/mol. The Morgan fingerprint density at radius 1 is 0.560 bits per heavy atom. The molecule has 0 aromatic heterocycles. The summed E-state index contributed by atoms with van der Waals surface area (Å²) in [7, 11) is -1.82. The smallest absolute Gasteiger partial charge is 0.136 e. The Labute approximate surface area is 163 Å². The molecule has 0 bridgehead atoms. The molecule has 0 atom stereocenters. The van der Waals surface area contributed by atoms with Gasteiger partial charge in [0, 0.05) is 0 Å². The van der Waals surface area contributed by atoms with E-state index in [-0.39, 0.29) is 24.8 Å². The number of hydrogen-bond donors (Lipinski definition) is 0. The first kappa shape index (κ1) is 21.2. The van der Waals surface area contributed by atoms with Gasteiger partial charge < -0.3 is 0 Å². The van der Waals surface area contributed by atoms with E-state index in [4.69, 9.17) is 0 Å². The van der Waals surface area contributed by atoms with Crippen LogP contribution in [0, 0.1) is 0 Å². The molecule has 3 heteroatoms. The maximum Gasteiger partial charge on any atom is 0.136 e. The van der Waals surface area contributed by atoms with Gasteiger partial charge in [0.25, 0.3) is 0 Å². The highest BCUT2D eigenvalue weighted by atomic mass is 35.5. The van der Waals surface area contributed by atoms with Crippen LogP contribution in [0.4, 0.5) is 0 Å². The monoisotopic (exact) mass is 387 g/mol. The molecule has 0 N–H and O–H groups in total. The first-order valence-electron chi connectivity index (χ1n) is 7.74. The zero-order chi connectivity index (χ0) is 16.0. The lowest BCUT2D eigenvalue weighted by molar-refractivity contribution is 1.72. The molecule has 0 radical (unpaired) electrons. The van der Waals surface area contributed by atoms with Crippen molar-refractivity contribution in [3.63, 3.8) is 0 Å². The fraction of sp³-hybridized carbons (Fsp3) is 0. The highest BCUT2D eigenvalue weighted by Crippen LogP contribution is 2.56. The van der Waals surface area contributed by atoms with Crippen molar-refractivity contribution in [2.24, 2.45) is 0 Å². The lowest BCUT2D eigenvalue weighted by Crippen LogP contribution is -2.29. The summed E-state index contributed by atoms with van der Waals surface area (Å²) in [5, 5.41) is 4.07. The van der Waals surface area contributed by atoms with Crippen molar-refractivity contribution in [3.05, 3.63) is 116 Å². The maximum atomic E-state index is 3.88. The van der Waals surface area contributed by atoms with E-state index in [1.165, 1.54) is 15.9 Å². The van der Waals surface area contributed by atoms with Crippen molar-refractivity contribution >= 4 is 48.0 Å². The molecule has 0 saturated heterocycles. The van der Waals surface area contributed by atoms with Crippen molar-refractivity contribution in [2.75, 3.05) is 0 Å². The SMILES string of the molecule is C=CC=C[P+](c1ccccc1)(c1ccccc1)c1ccccc1.Cl.Cl. The molecule has 0 aliphatic heterocycles. The van der Waals surface area contributed by atoms with Crippen molar-refractivity contribution in [2.45, 2.75) is 0 Å². The van der Waals surface area contributed by atoms with E-state index in [1.807, 2.05) is 6.08 Å². The van der Waals surface area contributed by atoms with Crippen LogP contribution < -0.4 is 15.9 Å². The highest BCUT2D eigenvalue weighted by Gasteiger charge is 2.42. The fourth-order valence-electron chi connectivity index (χ4n) is 2.88. The minimum atomic E-state index is -1.82. The fourth-order valence-corrected chi connectivity index (χ4v) is 6.60. The summed E-state index contributed by atoms with van der Waals surface area (Å²) in [5.41, 5.74) is 0. The number of benzene rings is 3. The number of hydrogen-bond acceptors (Lipinski definition) is 0. The van der Waals surface area contributed by atoms with Gasteiger partial charge in [0.15, 0.2) is 0 Å². The van der Waals surface area contributed by atoms with E-state index < -0.39 is 7.26 Å². The van der Waals surface area contributed by atoms with Gasteiger partial charge in [-0.1, -0.05) is 67.3 Å². The molecule has 0 aliphatic rings. The van der Waals surface area contributed by atoms with Gasteiger partial charge in [0.05, 0.1) is 5.82 Å². The molecule has 0 heterocycles. The number of rotatable bonds is 5. The van der Waals surface area contributed by atoms with Gasteiger partial charge in [-0.3, -0.25) is 0 Å². The van der Waals surface area contributed by atoms with Crippen molar-refractivity contribution in [3.8, 4) is 0 Å². The Hall–Kier alpha value is -1.85. The molecule has 0 aliphatic carbocycles. The van der Waals surface area contributed by atoms with Crippen molar-refractivity contribution in [1.82, 2.24) is 0 Å². The van der Waals surface area contributed by atoms with Crippen LogP contribution in [0.2, 0.25) is 0 Å². The largest absolute Gasteiger partial charge is 0.147 e. The van der Waals surface area contributed by atoms with Crippen LogP contribution >= 0.6 is 32.1 Å². The standard InChI is InChI=1S/C22H20P.2ClH/c1-2-3-19-23(20-13-7-4-8-14-20,21-15-9-5-10-16-21)22-17-11-6-12-18-22;;/h2-19H,1H2;2*1H/q+1;;. The summed E-state index contributed by atoms with van der Waals surface area (Å²) in [5.74, 6) is 2.35. The Bertz CT molecular complexity index is 687. The van der Waals surface area contributed by atoms with E-state index in [9.17, 15) is 0 Å². The van der Waals surface area contributed by atoms with Gasteiger partial charge in [-0.25, -0.2) is 0 Å². The second kappa shape index (κ2) is 10.2. The zero-order valence-electron chi connectivity index (χ0n) is 13.9. The quantitative estimate of drug-likeness (QED) is 0.399. The Morgan fingerprint density at radius 2 is 0.880 bits per heavy atom. The average molecular weight is 388 g/mol. The summed E-state index contributed by atoms with van der Waals surface area (Å²) in [6, 6.07) is 32.4. The van der Waals surface area contributed by atoms with E-state index >= 15 is 0 Å². The first-order chi connectivity index (χ1) is 11.4. The van der Waals surface area contributed by atoms with Gasteiger partial charge in [-0.05, 0) is 42.5 Å². The molecule has 3 aromatic rings. The maximum absolute atomic E-state index is 3.88. The van der Waals surface area contributed by atoms with Crippen LogP contribution in [-0.2, 0) is 0 Å². The van der Waals surface area contributed by atoms with Gasteiger partial charge in [0.1, 0.15) is 23.2 Å². The van der Waals surface area contributed by atoms with Crippen LogP contribution in [-0.4, -0.2) is 0 Å². The van der Waals surface area contributed by atoms with E-state index in [0.29, 0.717) is 0 Å². The Balaban J connectivity index is 0.00000156. The number of allylic oxidation sites excluding steroid dienone is 2. The van der Waals surface area contributed by atoms with Gasteiger partial charge in [-0.2, -0.15) is 0 Å². The molecular formula is C22H22Cl2P+. The third-order valence-electron chi connectivity index (χ3n) is 3.94. The summed E-state index contributed by atoms with van der Waals surface area (Å²) in [6.07, 6.45) is 3.95. The third-order valence-corrected chi connectivity index (χ3v) is 7.89. The van der Waals surface area contributed by atoms with Gasteiger partial charge >= 0.3 is 0 Å². The minimum absolute atomic E-state index is 0. The second-order valence-corrected chi connectivity index (χ2v) is 8.60. The Morgan fingerprint density at radius 3 is 1.16 bits per heavy atom. The predicted octanol–water partition coefficient (Wildman–Crippen LogP) is 5.52. The lowest BCUT2D eigenvalue weighted by Gasteiger charge is -2.23. The lowest BCUT2D eigenvalue weighted by atomic mass is 10.4. The molecule has 25 heavy (non-hydrogen) atoms. The molecule has 0 fully saturated rings. The number of halogens is 2. The minimum Gasteiger partial charge on any atom is -0.147 e. The normalized spacial score (nSPS) is 10.6. The topological polar surface area (TPSA) is 0 Å². The van der Waals surface area contributed by atoms with Crippen LogP contribution in [0.25, 0.3) is 0 Å².